The molecule has 2 aromatic rings. The zero-order chi connectivity index (χ0) is 13.7. The van der Waals surface area contributed by atoms with E-state index in [-0.39, 0.29) is 11.2 Å². The van der Waals surface area contributed by atoms with Gasteiger partial charge in [-0.1, -0.05) is 55.6 Å². The van der Waals surface area contributed by atoms with E-state index in [4.69, 9.17) is 39.2 Å². The van der Waals surface area contributed by atoms with Crippen LogP contribution in [0.4, 0.5) is 0 Å². The van der Waals surface area contributed by atoms with Gasteiger partial charge in [0.15, 0.2) is 5.58 Å². The number of furan rings is 1. The lowest BCUT2D eigenvalue weighted by Gasteiger charge is -2.18. The van der Waals surface area contributed by atoms with Gasteiger partial charge in [-0.2, -0.15) is 5.26 Å². The fourth-order valence-corrected chi connectivity index (χ4v) is 2.70. The summed E-state index contributed by atoms with van der Waals surface area (Å²) in [7, 11) is 0. The highest BCUT2D eigenvalue weighted by Gasteiger charge is 2.28. The molecule has 94 valence electrons. The SMILES string of the molecule is CC(C)(C)c1c(C#N)oc2c(Cl)cc(Cl)c(Cl)c12. The quantitative estimate of drug-likeness (QED) is 0.597. The average molecular weight is 303 g/mol. The predicted octanol–water partition coefficient (Wildman–Crippen LogP) is 5.56. The third-order valence-electron chi connectivity index (χ3n) is 2.66. The van der Waals surface area contributed by atoms with Gasteiger partial charge in [0.1, 0.15) is 6.07 Å². The highest BCUT2D eigenvalue weighted by Crippen LogP contribution is 2.44. The molecule has 0 aliphatic carbocycles. The Morgan fingerprint density at radius 2 is 1.78 bits per heavy atom. The largest absolute Gasteiger partial charge is 0.444 e. The van der Waals surface area contributed by atoms with Crippen molar-refractivity contribution in [2.24, 2.45) is 0 Å². The Hall–Kier alpha value is -0.880. The molecule has 0 amide bonds. The summed E-state index contributed by atoms with van der Waals surface area (Å²) in [4.78, 5) is 0. The molecule has 0 N–H and O–H groups in total. The minimum absolute atomic E-state index is 0.226. The van der Waals surface area contributed by atoms with Crippen molar-refractivity contribution in [2.75, 3.05) is 0 Å². The molecule has 1 aromatic heterocycles. The molecule has 5 heteroatoms. The van der Waals surface area contributed by atoms with Gasteiger partial charge in [0, 0.05) is 10.9 Å². The van der Waals surface area contributed by atoms with Crippen molar-refractivity contribution < 1.29 is 4.42 Å². The maximum atomic E-state index is 9.17. The number of rotatable bonds is 0. The summed E-state index contributed by atoms with van der Waals surface area (Å²) < 4.78 is 5.51. The van der Waals surface area contributed by atoms with Crippen LogP contribution in [-0.4, -0.2) is 0 Å². The smallest absolute Gasteiger partial charge is 0.208 e. The van der Waals surface area contributed by atoms with Crippen molar-refractivity contribution in [3.8, 4) is 6.07 Å². The summed E-state index contributed by atoms with van der Waals surface area (Å²) >= 11 is 18.3. The molecular weight excluding hydrogens is 293 g/mol. The fourth-order valence-electron chi connectivity index (χ4n) is 1.96. The molecule has 0 radical (unpaired) electrons. The lowest BCUT2D eigenvalue weighted by atomic mass is 9.85. The molecular formula is C13H10Cl3NO. The Labute approximate surface area is 120 Å². The van der Waals surface area contributed by atoms with Crippen molar-refractivity contribution in [1.29, 1.82) is 5.26 Å². The second kappa shape index (κ2) is 4.35. The van der Waals surface area contributed by atoms with Gasteiger partial charge in [-0.3, -0.25) is 0 Å². The Bertz CT molecular complexity index is 674. The average Bonchev–Trinajstić information content (AvgIpc) is 2.65. The molecule has 0 spiro atoms. The summed E-state index contributed by atoms with van der Waals surface area (Å²) in [5.41, 5.74) is 0.843. The van der Waals surface area contributed by atoms with E-state index < -0.39 is 0 Å². The molecule has 2 nitrogen and oxygen atoms in total. The minimum atomic E-state index is -0.298. The molecule has 0 saturated heterocycles. The summed E-state index contributed by atoms with van der Waals surface area (Å²) in [5.74, 6) is 0.226. The Balaban J connectivity index is 3.05. The summed E-state index contributed by atoms with van der Waals surface area (Å²) in [6.07, 6.45) is 0. The van der Waals surface area contributed by atoms with Crippen molar-refractivity contribution in [1.82, 2.24) is 0 Å². The zero-order valence-corrected chi connectivity index (χ0v) is 12.3. The van der Waals surface area contributed by atoms with E-state index in [0.29, 0.717) is 26.0 Å². The van der Waals surface area contributed by atoms with E-state index in [0.717, 1.165) is 5.56 Å². The molecule has 1 heterocycles. The number of nitriles is 1. The van der Waals surface area contributed by atoms with Gasteiger partial charge in [-0.15, -0.1) is 0 Å². The molecule has 0 saturated carbocycles. The van der Waals surface area contributed by atoms with Crippen LogP contribution >= 0.6 is 34.8 Å². The lowest BCUT2D eigenvalue weighted by molar-refractivity contribution is 0.546. The number of hydrogen-bond donors (Lipinski definition) is 0. The first-order chi connectivity index (χ1) is 8.27. The van der Waals surface area contributed by atoms with Crippen LogP contribution in [0, 0.1) is 11.3 Å². The number of hydrogen-bond acceptors (Lipinski definition) is 2. The first-order valence-corrected chi connectivity index (χ1v) is 6.41. The van der Waals surface area contributed by atoms with E-state index in [1.807, 2.05) is 26.8 Å². The molecule has 0 unspecified atom stereocenters. The Morgan fingerprint density at radius 3 is 2.28 bits per heavy atom. The van der Waals surface area contributed by atoms with Crippen LogP contribution in [0.1, 0.15) is 32.1 Å². The van der Waals surface area contributed by atoms with E-state index in [9.17, 15) is 5.26 Å². The second-order valence-electron chi connectivity index (χ2n) is 5.03. The van der Waals surface area contributed by atoms with Gasteiger partial charge in [0.05, 0.1) is 15.1 Å². The lowest BCUT2D eigenvalue weighted by Crippen LogP contribution is -2.12. The molecule has 0 aliphatic heterocycles. The third kappa shape index (κ3) is 1.97. The van der Waals surface area contributed by atoms with Crippen LogP contribution in [0.3, 0.4) is 0 Å². The standard InChI is InChI=1S/C13H10Cl3NO/c1-13(2,3)10-8(5-17)18-12-7(15)4-6(14)11(16)9(10)12/h4H,1-3H3. The molecule has 0 fully saturated rings. The number of halogens is 3. The van der Waals surface area contributed by atoms with Crippen LogP contribution < -0.4 is 0 Å². The first kappa shape index (κ1) is 13.5. The van der Waals surface area contributed by atoms with Gasteiger partial charge in [-0.05, 0) is 11.5 Å². The predicted molar refractivity (Wildman–Crippen MR) is 74.7 cm³/mol. The van der Waals surface area contributed by atoms with Gasteiger partial charge >= 0.3 is 0 Å². The fraction of sp³-hybridized carbons (Fsp3) is 0.308. The second-order valence-corrected chi connectivity index (χ2v) is 6.22. The third-order valence-corrected chi connectivity index (χ3v) is 3.73. The molecule has 0 aliphatic rings. The normalized spacial score (nSPS) is 11.8. The van der Waals surface area contributed by atoms with Crippen molar-refractivity contribution in [3.05, 3.63) is 32.5 Å². The molecule has 0 bridgehead atoms. The molecule has 18 heavy (non-hydrogen) atoms. The molecule has 0 atom stereocenters. The zero-order valence-electron chi connectivity index (χ0n) is 10.1. The highest BCUT2D eigenvalue weighted by atomic mass is 35.5. The number of benzene rings is 1. The minimum Gasteiger partial charge on any atom is -0.444 e. The van der Waals surface area contributed by atoms with Gasteiger partial charge in [0.25, 0.3) is 0 Å². The summed E-state index contributed by atoms with van der Waals surface area (Å²) in [6, 6.07) is 3.56. The Kier molecular flexibility index (Phi) is 3.27. The monoisotopic (exact) mass is 301 g/mol. The maximum absolute atomic E-state index is 9.17. The van der Waals surface area contributed by atoms with Crippen molar-refractivity contribution >= 4 is 45.8 Å². The topological polar surface area (TPSA) is 36.9 Å². The number of fused-ring (bicyclic) bond motifs is 1. The van der Waals surface area contributed by atoms with Crippen LogP contribution in [0.5, 0.6) is 0 Å². The van der Waals surface area contributed by atoms with Crippen molar-refractivity contribution in [2.45, 2.75) is 26.2 Å². The van der Waals surface area contributed by atoms with Gasteiger partial charge in [0.2, 0.25) is 5.76 Å². The van der Waals surface area contributed by atoms with Crippen LogP contribution in [0.25, 0.3) is 11.0 Å². The van der Waals surface area contributed by atoms with E-state index in [2.05, 4.69) is 0 Å². The molecule has 1 aromatic carbocycles. The van der Waals surface area contributed by atoms with Gasteiger partial charge < -0.3 is 4.42 Å². The van der Waals surface area contributed by atoms with E-state index >= 15 is 0 Å². The first-order valence-electron chi connectivity index (χ1n) is 5.28. The van der Waals surface area contributed by atoms with Crippen LogP contribution in [0.15, 0.2) is 10.5 Å². The van der Waals surface area contributed by atoms with Gasteiger partial charge in [-0.25, -0.2) is 0 Å². The number of nitrogens with zero attached hydrogens (tertiary/aromatic N) is 1. The van der Waals surface area contributed by atoms with E-state index in [1.165, 1.54) is 6.07 Å². The van der Waals surface area contributed by atoms with E-state index in [1.54, 1.807) is 0 Å². The summed E-state index contributed by atoms with van der Waals surface area (Å²) in [6.45, 7) is 5.93. The van der Waals surface area contributed by atoms with Crippen LogP contribution in [-0.2, 0) is 5.41 Å². The van der Waals surface area contributed by atoms with Crippen LogP contribution in [0.2, 0.25) is 15.1 Å². The van der Waals surface area contributed by atoms with Crippen molar-refractivity contribution in [3.63, 3.8) is 0 Å². The maximum Gasteiger partial charge on any atom is 0.208 e. The Morgan fingerprint density at radius 1 is 1.17 bits per heavy atom. The summed E-state index contributed by atoms with van der Waals surface area (Å²) in [5, 5.41) is 10.9. The molecule has 2 rings (SSSR count). The highest BCUT2D eigenvalue weighted by molar-refractivity contribution is 6.47.